The smallest absolute Gasteiger partial charge is 0.150 e. The Morgan fingerprint density at radius 1 is 1.32 bits per heavy atom. The van der Waals surface area contributed by atoms with Crippen LogP contribution >= 0.6 is 0 Å². The van der Waals surface area contributed by atoms with Gasteiger partial charge in [0.15, 0.2) is 0 Å². The average molecular weight is 287 g/mol. The highest BCUT2D eigenvalue weighted by molar-refractivity contribution is 7.91. The third-order valence-corrected chi connectivity index (χ3v) is 4.99. The topological polar surface area (TPSA) is 60.2 Å². The van der Waals surface area contributed by atoms with Gasteiger partial charge in [-0.3, -0.25) is 0 Å². The van der Waals surface area contributed by atoms with Crippen molar-refractivity contribution in [1.82, 2.24) is 0 Å². The molecule has 1 unspecified atom stereocenters. The molecule has 19 heavy (non-hydrogen) atoms. The summed E-state index contributed by atoms with van der Waals surface area (Å²) in [5.41, 5.74) is 6.11. The molecule has 3 nitrogen and oxygen atoms in total. The van der Waals surface area contributed by atoms with Crippen LogP contribution in [0.4, 0.5) is 4.39 Å². The van der Waals surface area contributed by atoms with Gasteiger partial charge in [0.2, 0.25) is 0 Å². The summed E-state index contributed by atoms with van der Waals surface area (Å²) in [5.74, 6) is 0.0372. The largest absolute Gasteiger partial charge is 0.325 e. The number of sulfone groups is 1. The molecule has 1 aromatic rings. The molecule has 0 aliphatic rings. The minimum atomic E-state index is -2.95. The van der Waals surface area contributed by atoms with Crippen molar-refractivity contribution in [2.75, 3.05) is 11.5 Å². The first-order valence-electron chi connectivity index (χ1n) is 6.48. The van der Waals surface area contributed by atoms with Gasteiger partial charge in [0, 0.05) is 11.3 Å². The predicted octanol–water partition coefficient (Wildman–Crippen LogP) is 2.30. The fraction of sp³-hybridized carbons (Fsp3) is 0.571. The van der Waals surface area contributed by atoms with Gasteiger partial charge < -0.3 is 5.73 Å². The summed E-state index contributed by atoms with van der Waals surface area (Å²) >= 11 is 0. The van der Waals surface area contributed by atoms with Crippen molar-refractivity contribution in [2.45, 2.75) is 38.6 Å². The highest BCUT2D eigenvalue weighted by atomic mass is 32.2. The Bertz CT molecular complexity index is 512. The molecule has 0 bridgehead atoms. The Kier molecular flexibility index (Phi) is 5.50. The fourth-order valence-corrected chi connectivity index (χ4v) is 2.88. The maximum absolute atomic E-state index is 13.5. The summed E-state index contributed by atoms with van der Waals surface area (Å²) < 4.78 is 36.3. The molecule has 0 heterocycles. The van der Waals surface area contributed by atoms with E-state index >= 15 is 0 Å². The molecule has 0 saturated heterocycles. The van der Waals surface area contributed by atoms with Crippen LogP contribution in [0.15, 0.2) is 24.3 Å². The second kappa shape index (κ2) is 6.48. The van der Waals surface area contributed by atoms with Gasteiger partial charge in [0.1, 0.15) is 15.7 Å². The number of nitrogens with two attached hydrogens (primary N) is 1. The molecule has 0 amide bonds. The van der Waals surface area contributed by atoms with Crippen molar-refractivity contribution in [1.29, 1.82) is 0 Å². The molecule has 1 rings (SSSR count). The van der Waals surface area contributed by atoms with Gasteiger partial charge in [-0.15, -0.1) is 0 Å². The first-order chi connectivity index (χ1) is 8.76. The third kappa shape index (κ3) is 5.70. The Balaban J connectivity index is 2.55. The number of hydrogen-bond acceptors (Lipinski definition) is 3. The van der Waals surface area contributed by atoms with E-state index in [1.807, 2.05) is 6.92 Å². The van der Waals surface area contributed by atoms with Gasteiger partial charge in [-0.05, 0) is 37.8 Å². The summed E-state index contributed by atoms with van der Waals surface area (Å²) in [5, 5.41) is 0. The fourth-order valence-electron chi connectivity index (χ4n) is 2.01. The molecule has 2 N–H and O–H groups in total. The van der Waals surface area contributed by atoms with Crippen LogP contribution in [0.5, 0.6) is 0 Å². The SMILES string of the molecule is CCS(=O)(=O)CCCC(C)(N)Cc1ccccc1F. The van der Waals surface area contributed by atoms with Crippen molar-refractivity contribution in [3.8, 4) is 0 Å². The molecule has 0 aliphatic carbocycles. The van der Waals surface area contributed by atoms with E-state index in [2.05, 4.69) is 0 Å². The quantitative estimate of drug-likeness (QED) is 0.837. The van der Waals surface area contributed by atoms with E-state index in [1.165, 1.54) is 6.07 Å². The third-order valence-electron chi connectivity index (χ3n) is 3.20. The van der Waals surface area contributed by atoms with Crippen molar-refractivity contribution in [3.63, 3.8) is 0 Å². The van der Waals surface area contributed by atoms with Gasteiger partial charge in [-0.2, -0.15) is 0 Å². The number of rotatable bonds is 7. The van der Waals surface area contributed by atoms with Crippen LogP contribution < -0.4 is 5.73 Å². The molecule has 0 saturated carbocycles. The van der Waals surface area contributed by atoms with Gasteiger partial charge in [-0.1, -0.05) is 25.1 Å². The van der Waals surface area contributed by atoms with E-state index < -0.39 is 15.4 Å². The lowest BCUT2D eigenvalue weighted by molar-refractivity contribution is 0.416. The van der Waals surface area contributed by atoms with Gasteiger partial charge >= 0.3 is 0 Å². The van der Waals surface area contributed by atoms with E-state index in [9.17, 15) is 12.8 Å². The zero-order valence-electron chi connectivity index (χ0n) is 11.5. The Labute approximate surface area is 114 Å². The zero-order chi connectivity index (χ0) is 14.5. The minimum absolute atomic E-state index is 0.146. The molecule has 108 valence electrons. The second-order valence-electron chi connectivity index (χ2n) is 5.26. The molecule has 0 radical (unpaired) electrons. The normalized spacial score (nSPS) is 15.2. The molecular formula is C14H22FNO2S. The van der Waals surface area contributed by atoms with Crippen LogP contribution in [0.2, 0.25) is 0 Å². The van der Waals surface area contributed by atoms with Crippen molar-refractivity contribution < 1.29 is 12.8 Å². The molecule has 5 heteroatoms. The Morgan fingerprint density at radius 3 is 2.53 bits per heavy atom. The van der Waals surface area contributed by atoms with Gasteiger partial charge in [0.25, 0.3) is 0 Å². The lowest BCUT2D eigenvalue weighted by Crippen LogP contribution is -2.39. The molecular weight excluding hydrogens is 265 g/mol. The van der Waals surface area contributed by atoms with E-state index in [-0.39, 0.29) is 17.3 Å². The molecule has 0 aromatic heterocycles. The summed E-state index contributed by atoms with van der Waals surface area (Å²) in [7, 11) is -2.95. The molecule has 0 spiro atoms. The van der Waals surface area contributed by atoms with Crippen LogP contribution in [0, 0.1) is 5.82 Å². The minimum Gasteiger partial charge on any atom is -0.325 e. The highest BCUT2D eigenvalue weighted by Crippen LogP contribution is 2.18. The summed E-state index contributed by atoms with van der Waals surface area (Å²) in [6, 6.07) is 6.53. The molecule has 0 fully saturated rings. The predicted molar refractivity (Wildman–Crippen MR) is 76.3 cm³/mol. The van der Waals surface area contributed by atoms with Gasteiger partial charge in [0.05, 0.1) is 5.75 Å². The van der Waals surface area contributed by atoms with Crippen molar-refractivity contribution in [2.24, 2.45) is 5.73 Å². The van der Waals surface area contributed by atoms with Crippen LogP contribution in [0.25, 0.3) is 0 Å². The summed E-state index contributed by atoms with van der Waals surface area (Å²) in [6.07, 6.45) is 1.48. The monoisotopic (exact) mass is 287 g/mol. The zero-order valence-corrected chi connectivity index (χ0v) is 12.3. The van der Waals surface area contributed by atoms with E-state index in [1.54, 1.807) is 25.1 Å². The van der Waals surface area contributed by atoms with E-state index in [0.717, 1.165) is 0 Å². The summed E-state index contributed by atoms with van der Waals surface area (Å²) in [6.45, 7) is 3.47. The number of halogens is 1. The number of benzene rings is 1. The molecule has 1 aromatic carbocycles. The Hall–Kier alpha value is -0.940. The van der Waals surface area contributed by atoms with E-state index in [4.69, 9.17) is 5.73 Å². The van der Waals surface area contributed by atoms with Crippen LogP contribution in [0.3, 0.4) is 0 Å². The maximum Gasteiger partial charge on any atom is 0.150 e. The first-order valence-corrected chi connectivity index (χ1v) is 8.30. The standard InChI is InChI=1S/C14H22FNO2S/c1-3-19(17,18)10-6-9-14(2,16)11-12-7-4-5-8-13(12)15/h4-5,7-8H,3,6,9-11,16H2,1-2H3. The van der Waals surface area contributed by atoms with E-state index in [0.29, 0.717) is 24.8 Å². The number of hydrogen-bond donors (Lipinski definition) is 1. The van der Waals surface area contributed by atoms with Crippen molar-refractivity contribution in [3.05, 3.63) is 35.6 Å². The van der Waals surface area contributed by atoms with Gasteiger partial charge in [-0.25, -0.2) is 12.8 Å². The van der Waals surface area contributed by atoms with Crippen LogP contribution in [0.1, 0.15) is 32.3 Å². The average Bonchev–Trinajstić information content (AvgIpc) is 2.31. The lowest BCUT2D eigenvalue weighted by atomic mass is 9.89. The lowest BCUT2D eigenvalue weighted by Gasteiger charge is -2.25. The molecule has 0 aliphatic heterocycles. The highest BCUT2D eigenvalue weighted by Gasteiger charge is 2.21. The maximum atomic E-state index is 13.5. The van der Waals surface area contributed by atoms with Crippen LogP contribution in [-0.4, -0.2) is 25.5 Å². The van der Waals surface area contributed by atoms with Crippen molar-refractivity contribution >= 4 is 9.84 Å². The molecule has 1 atom stereocenters. The summed E-state index contributed by atoms with van der Waals surface area (Å²) in [4.78, 5) is 0. The van der Waals surface area contributed by atoms with Crippen LogP contribution in [-0.2, 0) is 16.3 Å². The Morgan fingerprint density at radius 2 is 1.95 bits per heavy atom. The second-order valence-corrected chi connectivity index (χ2v) is 7.73. The first kappa shape index (κ1) is 16.1.